The summed E-state index contributed by atoms with van der Waals surface area (Å²) in [4.78, 5) is 0. The maximum Gasteiger partial charge on any atom is 0.118 e. The molecule has 2 atom stereocenters. The molecule has 0 saturated heterocycles. The molecule has 0 radical (unpaired) electrons. The number of phenols is 2. The van der Waals surface area contributed by atoms with E-state index < -0.39 is 0 Å². The van der Waals surface area contributed by atoms with Gasteiger partial charge in [-0.2, -0.15) is 25.3 Å². The molecule has 0 spiro atoms. The van der Waals surface area contributed by atoms with Crippen molar-refractivity contribution in [2.24, 2.45) is 11.8 Å². The minimum absolute atomic E-state index is 0.237. The molecule has 0 aromatic heterocycles. The Kier molecular flexibility index (Phi) is 7.58. The minimum atomic E-state index is -0.237. The van der Waals surface area contributed by atoms with Crippen LogP contribution in [-0.4, -0.2) is 21.7 Å². The van der Waals surface area contributed by atoms with Crippen LogP contribution >= 0.6 is 25.3 Å². The van der Waals surface area contributed by atoms with Gasteiger partial charge in [-0.15, -0.1) is 0 Å². The lowest BCUT2D eigenvalue weighted by Gasteiger charge is -2.28. The van der Waals surface area contributed by atoms with E-state index in [2.05, 4.69) is 65.1 Å². The molecule has 2 aromatic rings. The number of hydrogen-bond acceptors (Lipinski definition) is 4. The van der Waals surface area contributed by atoms with Crippen LogP contribution in [0, 0.1) is 11.8 Å². The summed E-state index contributed by atoms with van der Waals surface area (Å²) in [6.07, 6.45) is 1.61. The normalized spacial score (nSPS) is 14.1. The molecular formula is C23H32O2S2. The van der Waals surface area contributed by atoms with Crippen LogP contribution in [0.3, 0.4) is 0 Å². The van der Waals surface area contributed by atoms with E-state index >= 15 is 0 Å². The van der Waals surface area contributed by atoms with Crippen LogP contribution in [0.2, 0.25) is 0 Å². The Balaban J connectivity index is 2.40. The standard InChI is InChI=1S/C23H32O2S2/c1-15(13-26)9-17-11-19(5-7-21(17)24)23(3,4)20-6-8-22(25)18(12-20)10-16(2)14-27/h5-8,11-12,15-16,24-27H,9-10,13-14H2,1-4H3. The molecule has 0 aliphatic heterocycles. The number of rotatable bonds is 8. The second kappa shape index (κ2) is 9.29. The number of thiol groups is 2. The van der Waals surface area contributed by atoms with Gasteiger partial charge in [-0.1, -0.05) is 52.0 Å². The van der Waals surface area contributed by atoms with Gasteiger partial charge in [-0.25, -0.2) is 0 Å². The van der Waals surface area contributed by atoms with Crippen molar-refractivity contribution in [3.8, 4) is 11.5 Å². The van der Waals surface area contributed by atoms with Crippen LogP contribution in [0.15, 0.2) is 36.4 Å². The lowest BCUT2D eigenvalue weighted by atomic mass is 9.76. The fourth-order valence-electron chi connectivity index (χ4n) is 3.32. The summed E-state index contributed by atoms with van der Waals surface area (Å²) in [5.41, 5.74) is 4.00. The number of benzene rings is 2. The van der Waals surface area contributed by atoms with Crippen LogP contribution < -0.4 is 0 Å². The van der Waals surface area contributed by atoms with Crippen LogP contribution in [0.25, 0.3) is 0 Å². The zero-order valence-electron chi connectivity index (χ0n) is 16.7. The van der Waals surface area contributed by atoms with Crippen molar-refractivity contribution >= 4 is 25.3 Å². The highest BCUT2D eigenvalue weighted by molar-refractivity contribution is 7.80. The zero-order chi connectivity index (χ0) is 20.2. The highest BCUT2D eigenvalue weighted by Gasteiger charge is 2.25. The quantitative estimate of drug-likeness (QED) is 0.430. The van der Waals surface area contributed by atoms with E-state index in [0.717, 1.165) is 46.6 Å². The molecule has 2 rings (SSSR count). The first-order chi connectivity index (χ1) is 12.7. The van der Waals surface area contributed by atoms with Gasteiger partial charge in [0.05, 0.1) is 0 Å². The van der Waals surface area contributed by atoms with Crippen LogP contribution in [0.4, 0.5) is 0 Å². The Hall–Kier alpha value is -1.26. The molecule has 148 valence electrons. The van der Waals surface area contributed by atoms with Gasteiger partial charge in [0.25, 0.3) is 0 Å². The molecule has 27 heavy (non-hydrogen) atoms. The second-order valence-electron chi connectivity index (χ2n) is 8.30. The third-order valence-corrected chi connectivity index (χ3v) is 6.61. The minimum Gasteiger partial charge on any atom is -0.508 e. The van der Waals surface area contributed by atoms with E-state index in [4.69, 9.17) is 0 Å². The first-order valence-corrected chi connectivity index (χ1v) is 10.8. The summed E-state index contributed by atoms with van der Waals surface area (Å²) in [5, 5.41) is 20.5. The molecule has 2 aromatic carbocycles. The summed E-state index contributed by atoms with van der Waals surface area (Å²) in [7, 11) is 0. The number of phenolic OH excluding ortho intramolecular Hbond substituents is 2. The van der Waals surface area contributed by atoms with Gasteiger partial charge in [0.15, 0.2) is 0 Å². The van der Waals surface area contributed by atoms with Crippen molar-refractivity contribution in [1.29, 1.82) is 0 Å². The van der Waals surface area contributed by atoms with Crippen LogP contribution in [0.5, 0.6) is 11.5 Å². The Morgan fingerprint density at radius 2 is 1.15 bits per heavy atom. The molecule has 4 heteroatoms. The summed E-state index contributed by atoms with van der Waals surface area (Å²) in [6.45, 7) is 8.64. The van der Waals surface area contributed by atoms with E-state index in [1.165, 1.54) is 0 Å². The van der Waals surface area contributed by atoms with Gasteiger partial charge in [0.1, 0.15) is 11.5 Å². The molecule has 2 unspecified atom stereocenters. The first-order valence-electron chi connectivity index (χ1n) is 9.55. The average Bonchev–Trinajstić information content (AvgIpc) is 2.64. The van der Waals surface area contributed by atoms with E-state index in [-0.39, 0.29) is 5.41 Å². The molecule has 0 bridgehead atoms. The molecule has 0 aliphatic carbocycles. The lowest BCUT2D eigenvalue weighted by molar-refractivity contribution is 0.461. The number of aromatic hydroxyl groups is 2. The molecule has 0 heterocycles. The van der Waals surface area contributed by atoms with Gasteiger partial charge in [0, 0.05) is 5.41 Å². The van der Waals surface area contributed by atoms with Gasteiger partial charge < -0.3 is 10.2 Å². The van der Waals surface area contributed by atoms with Crippen molar-refractivity contribution in [2.45, 2.75) is 46.0 Å². The maximum atomic E-state index is 10.3. The fourth-order valence-corrected chi connectivity index (χ4v) is 3.58. The fraction of sp³-hybridized carbons (Fsp3) is 0.478. The maximum absolute atomic E-state index is 10.3. The zero-order valence-corrected chi connectivity index (χ0v) is 18.5. The molecule has 2 N–H and O–H groups in total. The van der Waals surface area contributed by atoms with Crippen molar-refractivity contribution in [1.82, 2.24) is 0 Å². The van der Waals surface area contributed by atoms with E-state index in [1.807, 2.05) is 12.1 Å². The third-order valence-electron chi connectivity index (χ3n) is 5.36. The van der Waals surface area contributed by atoms with E-state index in [1.54, 1.807) is 12.1 Å². The van der Waals surface area contributed by atoms with Crippen molar-refractivity contribution in [2.75, 3.05) is 11.5 Å². The van der Waals surface area contributed by atoms with Crippen LogP contribution in [0.1, 0.15) is 49.9 Å². The smallest absolute Gasteiger partial charge is 0.118 e. The topological polar surface area (TPSA) is 40.5 Å². The SMILES string of the molecule is CC(CS)Cc1cc(C(C)(C)c2ccc(O)c(CC(C)CS)c2)ccc1O. The molecule has 2 nitrogen and oxygen atoms in total. The van der Waals surface area contributed by atoms with Crippen LogP contribution in [-0.2, 0) is 18.3 Å². The molecule has 0 aliphatic rings. The van der Waals surface area contributed by atoms with Crippen molar-refractivity contribution in [3.05, 3.63) is 58.7 Å². The summed E-state index contributed by atoms with van der Waals surface area (Å²) in [5.74, 6) is 3.07. The van der Waals surface area contributed by atoms with Gasteiger partial charge in [-0.05, 0) is 70.6 Å². The second-order valence-corrected chi connectivity index (χ2v) is 9.03. The monoisotopic (exact) mass is 404 g/mol. The Labute approximate surface area is 174 Å². The van der Waals surface area contributed by atoms with Gasteiger partial charge in [-0.3, -0.25) is 0 Å². The molecule has 0 fully saturated rings. The highest BCUT2D eigenvalue weighted by atomic mass is 32.1. The summed E-state index contributed by atoms with van der Waals surface area (Å²) in [6, 6.07) is 11.8. The predicted octanol–water partition coefficient (Wildman–Crippen LogP) is 5.64. The van der Waals surface area contributed by atoms with E-state index in [9.17, 15) is 10.2 Å². The predicted molar refractivity (Wildman–Crippen MR) is 122 cm³/mol. The van der Waals surface area contributed by atoms with Gasteiger partial charge in [0.2, 0.25) is 0 Å². The van der Waals surface area contributed by atoms with Gasteiger partial charge >= 0.3 is 0 Å². The first kappa shape index (κ1) is 22.0. The van der Waals surface area contributed by atoms with E-state index in [0.29, 0.717) is 23.3 Å². The Bertz CT molecular complexity index is 707. The lowest BCUT2D eigenvalue weighted by Crippen LogP contribution is -2.20. The molecule has 0 saturated carbocycles. The van der Waals surface area contributed by atoms with Crippen molar-refractivity contribution < 1.29 is 10.2 Å². The molecular weight excluding hydrogens is 372 g/mol. The summed E-state index contributed by atoms with van der Waals surface area (Å²) < 4.78 is 0. The van der Waals surface area contributed by atoms with Crippen molar-refractivity contribution in [3.63, 3.8) is 0 Å². The Morgan fingerprint density at radius 3 is 1.48 bits per heavy atom. The number of hydrogen-bond donors (Lipinski definition) is 4. The Morgan fingerprint density at radius 1 is 0.778 bits per heavy atom. The molecule has 0 amide bonds. The third kappa shape index (κ3) is 5.39. The largest absolute Gasteiger partial charge is 0.508 e. The summed E-state index contributed by atoms with van der Waals surface area (Å²) >= 11 is 8.73. The highest BCUT2D eigenvalue weighted by Crippen LogP contribution is 2.36. The average molecular weight is 405 g/mol.